The minimum absolute atomic E-state index is 0.160. The van der Waals surface area contributed by atoms with Gasteiger partial charge in [0.15, 0.2) is 11.6 Å². The van der Waals surface area contributed by atoms with Crippen molar-refractivity contribution >= 4 is 0 Å². The Balaban J connectivity index is 2.07. The first-order chi connectivity index (χ1) is 8.54. The summed E-state index contributed by atoms with van der Waals surface area (Å²) < 4.78 is 31.9. The van der Waals surface area contributed by atoms with Gasteiger partial charge in [0, 0.05) is 13.5 Å². The van der Waals surface area contributed by atoms with Crippen LogP contribution in [0.4, 0.5) is 8.78 Å². The molecule has 2 rings (SSSR count). The molecular weight excluding hydrogens is 238 g/mol. The summed E-state index contributed by atoms with van der Waals surface area (Å²) in [5.74, 6) is -1.71. The van der Waals surface area contributed by atoms with Crippen LogP contribution < -0.4 is 0 Å². The summed E-state index contributed by atoms with van der Waals surface area (Å²) in [5.41, 5.74) is -0.697. The van der Waals surface area contributed by atoms with Crippen molar-refractivity contribution in [3.8, 4) is 0 Å². The Labute approximate surface area is 106 Å². The van der Waals surface area contributed by atoms with Gasteiger partial charge in [-0.05, 0) is 37.3 Å². The van der Waals surface area contributed by atoms with Crippen LogP contribution in [0.2, 0.25) is 0 Å². The number of halogens is 2. The lowest BCUT2D eigenvalue weighted by Gasteiger charge is -2.35. The van der Waals surface area contributed by atoms with E-state index in [1.165, 1.54) is 12.1 Å². The molecular formula is C14H18F2O2. The van der Waals surface area contributed by atoms with E-state index in [1.54, 1.807) is 7.11 Å². The van der Waals surface area contributed by atoms with Crippen molar-refractivity contribution in [2.45, 2.75) is 43.8 Å². The summed E-state index contributed by atoms with van der Waals surface area (Å²) in [6.45, 7) is 0. The first-order valence-electron chi connectivity index (χ1n) is 6.22. The second kappa shape index (κ2) is 5.33. The average Bonchev–Trinajstić information content (AvgIpc) is 2.36. The first-order valence-corrected chi connectivity index (χ1v) is 6.22. The van der Waals surface area contributed by atoms with Crippen molar-refractivity contribution in [3.05, 3.63) is 35.4 Å². The van der Waals surface area contributed by atoms with Gasteiger partial charge in [-0.2, -0.15) is 0 Å². The van der Waals surface area contributed by atoms with Gasteiger partial charge in [0.05, 0.1) is 11.7 Å². The Morgan fingerprint density at radius 3 is 2.61 bits per heavy atom. The van der Waals surface area contributed by atoms with E-state index < -0.39 is 17.2 Å². The van der Waals surface area contributed by atoms with Crippen LogP contribution in [-0.4, -0.2) is 23.9 Å². The number of hydrogen-bond acceptors (Lipinski definition) is 2. The fourth-order valence-electron chi connectivity index (χ4n) is 2.58. The summed E-state index contributed by atoms with van der Waals surface area (Å²) in [7, 11) is 1.65. The fraction of sp³-hybridized carbons (Fsp3) is 0.571. The van der Waals surface area contributed by atoms with E-state index in [0.717, 1.165) is 18.9 Å². The molecule has 1 aliphatic rings. The number of aliphatic hydroxyl groups is 1. The maximum absolute atomic E-state index is 13.6. The van der Waals surface area contributed by atoms with E-state index in [1.807, 2.05) is 0 Å². The summed E-state index contributed by atoms with van der Waals surface area (Å²) in [5, 5.41) is 10.4. The largest absolute Gasteiger partial charge is 0.390 e. The van der Waals surface area contributed by atoms with Crippen LogP contribution in [0.15, 0.2) is 18.2 Å². The van der Waals surface area contributed by atoms with E-state index in [0.29, 0.717) is 12.8 Å². The highest BCUT2D eigenvalue weighted by atomic mass is 19.2. The zero-order valence-electron chi connectivity index (χ0n) is 10.5. The Bertz CT molecular complexity index is 412. The third-order valence-corrected chi connectivity index (χ3v) is 3.75. The highest BCUT2D eigenvalue weighted by Crippen LogP contribution is 2.33. The number of methoxy groups -OCH3 is 1. The van der Waals surface area contributed by atoms with Gasteiger partial charge in [-0.1, -0.05) is 12.1 Å². The lowest BCUT2D eigenvalue weighted by Crippen LogP contribution is -2.38. The van der Waals surface area contributed by atoms with Crippen molar-refractivity contribution in [1.29, 1.82) is 0 Å². The van der Waals surface area contributed by atoms with Crippen LogP contribution in [-0.2, 0) is 11.2 Å². The molecule has 0 atom stereocenters. The molecule has 100 valence electrons. The molecule has 0 unspecified atom stereocenters. The van der Waals surface area contributed by atoms with Crippen molar-refractivity contribution < 1.29 is 18.6 Å². The van der Waals surface area contributed by atoms with Gasteiger partial charge in [0.2, 0.25) is 0 Å². The molecule has 0 spiro atoms. The molecule has 18 heavy (non-hydrogen) atoms. The third kappa shape index (κ3) is 2.87. The number of benzene rings is 1. The molecule has 1 N–H and O–H groups in total. The zero-order chi connectivity index (χ0) is 13.2. The molecule has 0 aliphatic heterocycles. The highest BCUT2D eigenvalue weighted by molar-refractivity contribution is 5.21. The van der Waals surface area contributed by atoms with Gasteiger partial charge in [-0.15, -0.1) is 0 Å². The van der Waals surface area contributed by atoms with Crippen molar-refractivity contribution in [2.24, 2.45) is 0 Å². The smallest absolute Gasteiger partial charge is 0.162 e. The van der Waals surface area contributed by atoms with Crippen LogP contribution in [0, 0.1) is 11.6 Å². The highest BCUT2D eigenvalue weighted by Gasteiger charge is 2.34. The molecule has 2 nitrogen and oxygen atoms in total. The van der Waals surface area contributed by atoms with E-state index in [-0.39, 0.29) is 18.1 Å². The van der Waals surface area contributed by atoms with Gasteiger partial charge in [-0.3, -0.25) is 0 Å². The third-order valence-electron chi connectivity index (χ3n) is 3.75. The Kier molecular flexibility index (Phi) is 3.97. The molecule has 4 heteroatoms. The van der Waals surface area contributed by atoms with Gasteiger partial charge in [-0.25, -0.2) is 8.78 Å². The molecule has 0 radical (unpaired) electrons. The SMILES string of the molecule is COC1CCC(O)(Cc2cccc(F)c2F)CC1. The van der Waals surface area contributed by atoms with Crippen LogP contribution in [0.1, 0.15) is 31.2 Å². The molecule has 1 fully saturated rings. The number of ether oxygens (including phenoxy) is 1. The first kappa shape index (κ1) is 13.4. The van der Waals surface area contributed by atoms with E-state index in [4.69, 9.17) is 4.74 Å². The Morgan fingerprint density at radius 2 is 2.00 bits per heavy atom. The average molecular weight is 256 g/mol. The maximum atomic E-state index is 13.6. The number of hydrogen-bond donors (Lipinski definition) is 1. The van der Waals surface area contributed by atoms with Gasteiger partial charge >= 0.3 is 0 Å². The van der Waals surface area contributed by atoms with E-state index in [9.17, 15) is 13.9 Å². The van der Waals surface area contributed by atoms with E-state index >= 15 is 0 Å². The lowest BCUT2D eigenvalue weighted by molar-refractivity contribution is -0.0432. The summed E-state index contributed by atoms with van der Waals surface area (Å²) in [6.07, 6.45) is 2.95. The molecule has 1 saturated carbocycles. The molecule has 1 aliphatic carbocycles. The molecule has 0 amide bonds. The fourth-order valence-corrected chi connectivity index (χ4v) is 2.58. The van der Waals surface area contributed by atoms with Gasteiger partial charge in [0.1, 0.15) is 0 Å². The molecule has 0 heterocycles. The predicted molar refractivity (Wildman–Crippen MR) is 64.3 cm³/mol. The second-order valence-corrected chi connectivity index (χ2v) is 5.05. The topological polar surface area (TPSA) is 29.5 Å². The zero-order valence-corrected chi connectivity index (χ0v) is 10.5. The van der Waals surface area contributed by atoms with Crippen LogP contribution in [0.25, 0.3) is 0 Å². The van der Waals surface area contributed by atoms with Gasteiger partial charge < -0.3 is 9.84 Å². The Hall–Kier alpha value is -1.00. The minimum atomic E-state index is -0.941. The maximum Gasteiger partial charge on any atom is 0.162 e. The van der Waals surface area contributed by atoms with Crippen molar-refractivity contribution in [3.63, 3.8) is 0 Å². The lowest BCUT2D eigenvalue weighted by atomic mass is 9.79. The van der Waals surface area contributed by atoms with Crippen LogP contribution >= 0.6 is 0 Å². The molecule has 1 aromatic carbocycles. The molecule has 1 aromatic rings. The van der Waals surface area contributed by atoms with Gasteiger partial charge in [0.25, 0.3) is 0 Å². The quantitative estimate of drug-likeness (QED) is 0.901. The van der Waals surface area contributed by atoms with Crippen molar-refractivity contribution in [1.82, 2.24) is 0 Å². The number of rotatable bonds is 3. The standard InChI is InChI=1S/C14H18F2O2/c1-18-11-5-7-14(17,8-6-11)9-10-3-2-4-12(15)13(10)16/h2-4,11,17H,5-9H2,1H3. The second-order valence-electron chi connectivity index (χ2n) is 5.05. The summed E-state index contributed by atoms with van der Waals surface area (Å²) in [6, 6.07) is 4.08. The molecule has 0 aromatic heterocycles. The normalized spacial score (nSPS) is 28.3. The monoisotopic (exact) mass is 256 g/mol. The molecule has 0 bridgehead atoms. The van der Waals surface area contributed by atoms with Crippen molar-refractivity contribution in [2.75, 3.05) is 7.11 Å². The predicted octanol–water partition coefficient (Wildman–Crippen LogP) is 2.83. The minimum Gasteiger partial charge on any atom is -0.390 e. The molecule has 0 saturated heterocycles. The Morgan fingerprint density at radius 1 is 1.33 bits per heavy atom. The van der Waals surface area contributed by atoms with Crippen LogP contribution in [0.3, 0.4) is 0 Å². The van der Waals surface area contributed by atoms with Crippen LogP contribution in [0.5, 0.6) is 0 Å². The summed E-state index contributed by atoms with van der Waals surface area (Å²) >= 11 is 0. The van der Waals surface area contributed by atoms with E-state index in [2.05, 4.69) is 0 Å². The summed E-state index contributed by atoms with van der Waals surface area (Å²) in [4.78, 5) is 0.